The molecular weight excluding hydrogens is 132 g/mol. The lowest BCUT2D eigenvalue weighted by molar-refractivity contribution is -0.175. The third-order valence-electron chi connectivity index (χ3n) is 1.66. The summed E-state index contributed by atoms with van der Waals surface area (Å²) in [6.07, 6.45) is -0.336. The lowest BCUT2D eigenvalue weighted by Gasteiger charge is -2.39. The SMILES string of the molecule is CO[C@H]1[C@@H](C#N)C(=O)N1C. The number of β-lactam (4-membered cyclic amide) rings is 1. The third-order valence-corrected chi connectivity index (χ3v) is 1.66. The fourth-order valence-corrected chi connectivity index (χ4v) is 1.02. The summed E-state index contributed by atoms with van der Waals surface area (Å²) in [4.78, 5) is 12.2. The Morgan fingerprint density at radius 2 is 2.40 bits per heavy atom. The first-order valence-corrected chi connectivity index (χ1v) is 2.91. The average Bonchev–Trinajstić information content (AvgIpc) is 1.97. The van der Waals surface area contributed by atoms with Crippen molar-refractivity contribution in [1.29, 1.82) is 5.26 Å². The van der Waals surface area contributed by atoms with Crippen LogP contribution in [0.25, 0.3) is 0 Å². The summed E-state index contributed by atoms with van der Waals surface area (Å²) in [5, 5.41) is 8.40. The number of nitriles is 1. The highest BCUT2D eigenvalue weighted by atomic mass is 16.5. The molecule has 1 heterocycles. The molecule has 0 saturated carbocycles. The summed E-state index contributed by atoms with van der Waals surface area (Å²) in [5.74, 6) is -0.746. The second-order valence-electron chi connectivity index (χ2n) is 2.18. The molecule has 1 aliphatic rings. The Morgan fingerprint density at radius 1 is 1.80 bits per heavy atom. The Hall–Kier alpha value is -1.08. The van der Waals surface area contributed by atoms with Gasteiger partial charge in [-0.3, -0.25) is 4.79 Å². The van der Waals surface area contributed by atoms with Gasteiger partial charge in [-0.1, -0.05) is 0 Å². The quantitative estimate of drug-likeness (QED) is 0.464. The normalized spacial score (nSPS) is 31.3. The zero-order chi connectivity index (χ0) is 7.72. The maximum absolute atomic E-state index is 10.8. The molecular formula is C6H8N2O2. The van der Waals surface area contributed by atoms with E-state index in [2.05, 4.69) is 0 Å². The largest absolute Gasteiger partial charge is 0.360 e. The van der Waals surface area contributed by atoms with Gasteiger partial charge in [-0.15, -0.1) is 0 Å². The maximum atomic E-state index is 10.8. The van der Waals surface area contributed by atoms with Gasteiger partial charge in [0.15, 0.2) is 12.1 Å². The lowest BCUT2D eigenvalue weighted by Crippen LogP contribution is -2.59. The molecule has 0 unspecified atom stereocenters. The van der Waals surface area contributed by atoms with Gasteiger partial charge in [0.2, 0.25) is 5.91 Å². The van der Waals surface area contributed by atoms with Gasteiger partial charge < -0.3 is 9.64 Å². The fourth-order valence-electron chi connectivity index (χ4n) is 1.02. The molecule has 0 aliphatic carbocycles. The van der Waals surface area contributed by atoms with E-state index in [0.29, 0.717) is 0 Å². The van der Waals surface area contributed by atoms with Crippen molar-refractivity contribution < 1.29 is 9.53 Å². The number of hydrogen-bond acceptors (Lipinski definition) is 3. The van der Waals surface area contributed by atoms with E-state index in [1.807, 2.05) is 6.07 Å². The summed E-state index contributed by atoms with van der Waals surface area (Å²) < 4.78 is 4.85. The van der Waals surface area contributed by atoms with Gasteiger partial charge in [-0.05, 0) is 0 Å². The van der Waals surface area contributed by atoms with Crippen molar-refractivity contribution in [3.8, 4) is 6.07 Å². The van der Waals surface area contributed by atoms with Crippen molar-refractivity contribution in [1.82, 2.24) is 4.90 Å². The van der Waals surface area contributed by atoms with Crippen LogP contribution in [0.3, 0.4) is 0 Å². The molecule has 0 aromatic rings. The molecule has 1 rings (SSSR count). The Labute approximate surface area is 59.0 Å². The van der Waals surface area contributed by atoms with Crippen molar-refractivity contribution in [2.75, 3.05) is 14.2 Å². The molecule has 0 aromatic heterocycles. The molecule has 4 nitrogen and oxygen atoms in total. The number of amides is 1. The van der Waals surface area contributed by atoms with Crippen LogP contribution in [0.2, 0.25) is 0 Å². The average molecular weight is 140 g/mol. The standard InChI is InChI=1S/C6H8N2O2/c1-8-5(9)4(3-7)6(8)10-2/h4,6H,1-2H3/t4-,6-/m0/s1. The van der Waals surface area contributed by atoms with E-state index < -0.39 is 5.92 Å². The Bertz CT molecular complexity index is 196. The molecule has 0 bridgehead atoms. The zero-order valence-corrected chi connectivity index (χ0v) is 5.87. The summed E-state index contributed by atoms with van der Waals surface area (Å²) in [5.41, 5.74) is 0. The molecule has 0 aromatic carbocycles. The fraction of sp³-hybridized carbons (Fsp3) is 0.667. The van der Waals surface area contributed by atoms with E-state index >= 15 is 0 Å². The third kappa shape index (κ3) is 0.677. The second-order valence-corrected chi connectivity index (χ2v) is 2.18. The van der Waals surface area contributed by atoms with Gasteiger partial charge in [0.25, 0.3) is 0 Å². The van der Waals surface area contributed by atoms with E-state index in [-0.39, 0.29) is 12.1 Å². The molecule has 10 heavy (non-hydrogen) atoms. The molecule has 1 saturated heterocycles. The van der Waals surface area contributed by atoms with Gasteiger partial charge in [0.05, 0.1) is 6.07 Å². The summed E-state index contributed by atoms with van der Waals surface area (Å²) >= 11 is 0. The van der Waals surface area contributed by atoms with Crippen molar-refractivity contribution in [3.63, 3.8) is 0 Å². The van der Waals surface area contributed by atoms with Crippen LogP contribution >= 0.6 is 0 Å². The highest BCUT2D eigenvalue weighted by Crippen LogP contribution is 2.23. The molecule has 1 fully saturated rings. The van der Waals surface area contributed by atoms with Gasteiger partial charge in [-0.2, -0.15) is 5.26 Å². The van der Waals surface area contributed by atoms with Gasteiger partial charge in [0.1, 0.15) is 0 Å². The molecule has 4 heteroatoms. The Morgan fingerprint density at radius 3 is 2.70 bits per heavy atom. The Kier molecular flexibility index (Phi) is 1.60. The van der Waals surface area contributed by atoms with E-state index in [1.165, 1.54) is 12.0 Å². The van der Waals surface area contributed by atoms with E-state index in [9.17, 15) is 4.79 Å². The van der Waals surface area contributed by atoms with Crippen LogP contribution in [0.4, 0.5) is 0 Å². The monoisotopic (exact) mass is 140 g/mol. The highest BCUT2D eigenvalue weighted by molar-refractivity contribution is 5.87. The second kappa shape index (κ2) is 2.27. The predicted molar refractivity (Wildman–Crippen MR) is 32.7 cm³/mol. The Balaban J connectivity index is 2.63. The maximum Gasteiger partial charge on any atom is 0.246 e. The van der Waals surface area contributed by atoms with Crippen LogP contribution in [0.1, 0.15) is 0 Å². The molecule has 1 aliphatic heterocycles. The first-order chi connectivity index (χ1) is 4.72. The van der Waals surface area contributed by atoms with Crippen LogP contribution in [-0.2, 0) is 9.53 Å². The zero-order valence-electron chi connectivity index (χ0n) is 5.87. The number of ether oxygens (including phenoxy) is 1. The number of rotatable bonds is 1. The van der Waals surface area contributed by atoms with Crippen molar-refractivity contribution in [3.05, 3.63) is 0 Å². The number of carbonyl (C=O) groups excluding carboxylic acids is 1. The topological polar surface area (TPSA) is 53.3 Å². The summed E-state index contributed by atoms with van der Waals surface area (Å²) in [6, 6.07) is 1.87. The van der Waals surface area contributed by atoms with Crippen LogP contribution in [0.5, 0.6) is 0 Å². The van der Waals surface area contributed by atoms with Crippen LogP contribution in [0, 0.1) is 17.2 Å². The van der Waals surface area contributed by atoms with Crippen LogP contribution in [-0.4, -0.2) is 31.2 Å². The molecule has 2 atom stereocenters. The number of likely N-dealkylation sites (tertiary alicyclic amines) is 1. The first kappa shape index (κ1) is 7.03. The van der Waals surface area contributed by atoms with Crippen LogP contribution < -0.4 is 0 Å². The molecule has 1 amide bonds. The van der Waals surface area contributed by atoms with Crippen molar-refractivity contribution >= 4 is 5.91 Å². The molecule has 0 spiro atoms. The molecule has 0 radical (unpaired) electrons. The lowest BCUT2D eigenvalue weighted by atomic mass is 9.99. The number of nitrogens with zero attached hydrogens (tertiary/aromatic N) is 2. The van der Waals surface area contributed by atoms with E-state index in [4.69, 9.17) is 10.00 Å². The molecule has 54 valence electrons. The van der Waals surface area contributed by atoms with E-state index in [0.717, 1.165) is 0 Å². The number of hydrogen-bond donors (Lipinski definition) is 0. The van der Waals surface area contributed by atoms with Crippen molar-refractivity contribution in [2.24, 2.45) is 5.92 Å². The van der Waals surface area contributed by atoms with E-state index in [1.54, 1.807) is 7.05 Å². The van der Waals surface area contributed by atoms with Crippen molar-refractivity contribution in [2.45, 2.75) is 6.23 Å². The summed E-state index contributed by atoms with van der Waals surface area (Å²) in [7, 11) is 3.10. The first-order valence-electron chi connectivity index (χ1n) is 2.91. The minimum atomic E-state index is -0.588. The smallest absolute Gasteiger partial charge is 0.246 e. The molecule has 0 N–H and O–H groups in total. The van der Waals surface area contributed by atoms with Crippen LogP contribution in [0.15, 0.2) is 0 Å². The van der Waals surface area contributed by atoms with Gasteiger partial charge >= 0.3 is 0 Å². The van der Waals surface area contributed by atoms with Gasteiger partial charge in [0, 0.05) is 14.2 Å². The van der Waals surface area contributed by atoms with Gasteiger partial charge in [-0.25, -0.2) is 0 Å². The minimum absolute atomic E-state index is 0.158. The highest BCUT2D eigenvalue weighted by Gasteiger charge is 2.45. The predicted octanol–water partition coefficient (Wildman–Crippen LogP) is -0.429. The number of carbonyl (C=O) groups is 1. The summed E-state index contributed by atoms with van der Waals surface area (Å²) in [6.45, 7) is 0. The minimum Gasteiger partial charge on any atom is -0.360 e. The number of methoxy groups -OCH3 is 1.